The number of pyridine rings is 1. The predicted octanol–water partition coefficient (Wildman–Crippen LogP) is -0.589. The molecular weight excluding hydrogens is 308 g/mol. The van der Waals surface area contributed by atoms with E-state index in [-0.39, 0.29) is 23.3 Å². The highest BCUT2D eigenvalue weighted by Gasteiger charge is 2.52. The highest BCUT2D eigenvalue weighted by atomic mass is 32.2. The second-order valence-electron chi connectivity index (χ2n) is 5.80. The number of carbonyl (C=O) groups excluding carboxylic acids is 1. The lowest BCUT2D eigenvalue weighted by molar-refractivity contribution is 0.0996. The lowest BCUT2D eigenvalue weighted by atomic mass is 10.2. The van der Waals surface area contributed by atoms with Crippen LogP contribution >= 0.6 is 0 Å². The Kier molecular flexibility index (Phi) is 2.96. The molecule has 0 atom stereocenters. The Bertz CT molecular complexity index is 950. The lowest BCUT2D eigenvalue weighted by Gasteiger charge is -2.15. The van der Waals surface area contributed by atoms with Crippen LogP contribution < -0.4 is 11.3 Å². The zero-order valence-electron chi connectivity index (χ0n) is 12.2. The van der Waals surface area contributed by atoms with Crippen LogP contribution in [0.15, 0.2) is 17.1 Å². The first-order chi connectivity index (χ1) is 10.2. The standard InChI is InChI=1S/C13H16N4O4S/c1-16-10-8(9(15-16)11(14)18)3-6-17(12(10)19)7-13(4-5-13)22(2,20)21/h3,6H,4-5,7H2,1-2H3,(H2,14,18). The number of hydrogen-bond acceptors (Lipinski definition) is 5. The second-order valence-corrected chi connectivity index (χ2v) is 8.21. The molecule has 0 bridgehead atoms. The molecule has 2 aromatic heterocycles. The molecule has 22 heavy (non-hydrogen) atoms. The van der Waals surface area contributed by atoms with Crippen molar-refractivity contribution in [2.45, 2.75) is 24.1 Å². The number of hydrogen-bond donors (Lipinski definition) is 1. The van der Waals surface area contributed by atoms with Crippen LogP contribution in [0.1, 0.15) is 23.3 Å². The van der Waals surface area contributed by atoms with Crippen molar-refractivity contribution in [1.29, 1.82) is 0 Å². The van der Waals surface area contributed by atoms with Gasteiger partial charge < -0.3 is 10.3 Å². The molecule has 1 aliphatic rings. The van der Waals surface area contributed by atoms with Crippen molar-refractivity contribution < 1.29 is 13.2 Å². The van der Waals surface area contributed by atoms with Crippen LogP contribution in [0.3, 0.4) is 0 Å². The van der Waals surface area contributed by atoms with Crippen LogP contribution in [0.25, 0.3) is 10.9 Å². The van der Waals surface area contributed by atoms with Gasteiger partial charge in [-0.15, -0.1) is 0 Å². The fourth-order valence-corrected chi connectivity index (χ4v) is 3.94. The summed E-state index contributed by atoms with van der Waals surface area (Å²) in [5.41, 5.74) is 5.14. The molecule has 8 nitrogen and oxygen atoms in total. The maximum absolute atomic E-state index is 12.6. The lowest BCUT2D eigenvalue weighted by Crippen LogP contribution is -2.33. The molecule has 2 aromatic rings. The van der Waals surface area contributed by atoms with Gasteiger partial charge in [0.25, 0.3) is 11.5 Å². The van der Waals surface area contributed by atoms with Gasteiger partial charge in [-0.1, -0.05) is 0 Å². The molecule has 0 radical (unpaired) electrons. The van der Waals surface area contributed by atoms with Crippen molar-refractivity contribution in [3.05, 3.63) is 28.3 Å². The minimum Gasteiger partial charge on any atom is -0.364 e. The number of primary amides is 1. The monoisotopic (exact) mass is 324 g/mol. The number of aryl methyl sites for hydroxylation is 1. The molecule has 0 saturated heterocycles. The molecule has 0 unspecified atom stereocenters. The number of sulfone groups is 1. The summed E-state index contributed by atoms with van der Waals surface area (Å²) >= 11 is 0. The Labute approximate surface area is 126 Å². The minimum atomic E-state index is -3.23. The van der Waals surface area contributed by atoms with Crippen molar-refractivity contribution in [2.24, 2.45) is 12.8 Å². The summed E-state index contributed by atoms with van der Waals surface area (Å²) < 4.78 is 25.5. The second kappa shape index (κ2) is 4.42. The first-order valence-electron chi connectivity index (χ1n) is 6.72. The Balaban J connectivity index is 2.15. The van der Waals surface area contributed by atoms with Gasteiger partial charge in [-0.2, -0.15) is 5.10 Å². The zero-order chi connectivity index (χ0) is 16.3. The third-order valence-corrected chi connectivity index (χ3v) is 6.37. The first kappa shape index (κ1) is 14.8. The summed E-state index contributed by atoms with van der Waals surface area (Å²) in [6.45, 7) is 0.109. The van der Waals surface area contributed by atoms with Gasteiger partial charge in [-0.05, 0) is 18.9 Å². The average molecular weight is 324 g/mol. The van der Waals surface area contributed by atoms with Crippen molar-refractivity contribution in [2.75, 3.05) is 6.26 Å². The highest BCUT2D eigenvalue weighted by molar-refractivity contribution is 7.92. The summed E-state index contributed by atoms with van der Waals surface area (Å²) in [6, 6.07) is 1.57. The molecule has 1 aliphatic carbocycles. The smallest absolute Gasteiger partial charge is 0.276 e. The van der Waals surface area contributed by atoms with Gasteiger partial charge in [0.05, 0.1) is 4.75 Å². The van der Waals surface area contributed by atoms with Crippen molar-refractivity contribution in [1.82, 2.24) is 14.3 Å². The number of carbonyl (C=O) groups is 1. The van der Waals surface area contributed by atoms with E-state index < -0.39 is 20.5 Å². The molecule has 1 fully saturated rings. The van der Waals surface area contributed by atoms with Gasteiger partial charge in [0.15, 0.2) is 15.5 Å². The van der Waals surface area contributed by atoms with E-state index in [9.17, 15) is 18.0 Å². The molecule has 0 spiro atoms. The summed E-state index contributed by atoms with van der Waals surface area (Å²) in [4.78, 5) is 23.9. The van der Waals surface area contributed by atoms with Crippen LogP contribution in [0.4, 0.5) is 0 Å². The highest BCUT2D eigenvalue weighted by Crippen LogP contribution is 2.44. The molecule has 1 saturated carbocycles. The zero-order valence-corrected chi connectivity index (χ0v) is 13.1. The summed E-state index contributed by atoms with van der Waals surface area (Å²) in [5.74, 6) is -0.711. The largest absolute Gasteiger partial charge is 0.364 e. The quantitative estimate of drug-likeness (QED) is 0.807. The van der Waals surface area contributed by atoms with Gasteiger partial charge in [0.1, 0.15) is 5.52 Å². The van der Waals surface area contributed by atoms with Gasteiger partial charge in [-0.25, -0.2) is 8.42 Å². The minimum absolute atomic E-state index is 0.0333. The fraction of sp³-hybridized carbons (Fsp3) is 0.462. The Morgan fingerprint density at radius 3 is 2.59 bits per heavy atom. The normalized spacial score (nSPS) is 16.8. The number of nitrogens with two attached hydrogens (primary N) is 1. The summed E-state index contributed by atoms with van der Waals surface area (Å²) in [5, 5.41) is 4.34. The molecule has 9 heteroatoms. The van der Waals surface area contributed by atoms with E-state index in [0.29, 0.717) is 18.2 Å². The number of nitrogens with zero attached hydrogens (tertiary/aromatic N) is 3. The SMILES string of the molecule is Cn1nc(C(N)=O)c2ccn(CC3(S(C)(=O)=O)CC3)c(=O)c21. The van der Waals surface area contributed by atoms with E-state index >= 15 is 0 Å². The molecule has 2 N–H and O–H groups in total. The van der Waals surface area contributed by atoms with E-state index in [1.807, 2.05) is 0 Å². The van der Waals surface area contributed by atoms with Gasteiger partial charge in [-0.3, -0.25) is 14.3 Å². The topological polar surface area (TPSA) is 117 Å². The summed E-state index contributed by atoms with van der Waals surface area (Å²) in [6.07, 6.45) is 3.78. The van der Waals surface area contributed by atoms with Crippen LogP contribution in [0.5, 0.6) is 0 Å². The molecule has 3 rings (SSSR count). The number of amides is 1. The van der Waals surface area contributed by atoms with E-state index in [0.717, 1.165) is 0 Å². The van der Waals surface area contributed by atoms with E-state index in [1.54, 1.807) is 13.1 Å². The van der Waals surface area contributed by atoms with E-state index in [1.165, 1.54) is 21.7 Å². The molecule has 1 amide bonds. The maximum Gasteiger partial charge on any atom is 0.276 e. The fourth-order valence-electron chi connectivity index (χ4n) is 2.72. The third kappa shape index (κ3) is 2.04. The molecule has 118 valence electrons. The van der Waals surface area contributed by atoms with Crippen molar-refractivity contribution in [3.63, 3.8) is 0 Å². The van der Waals surface area contributed by atoms with Crippen LogP contribution in [-0.4, -0.2) is 39.7 Å². The van der Waals surface area contributed by atoms with Crippen LogP contribution in [0, 0.1) is 0 Å². The summed E-state index contributed by atoms with van der Waals surface area (Å²) in [7, 11) is -1.69. The number of aromatic nitrogens is 3. The Morgan fingerprint density at radius 1 is 1.45 bits per heavy atom. The Hall–Kier alpha value is -2.16. The van der Waals surface area contributed by atoms with Gasteiger partial charge in [0, 0.05) is 31.4 Å². The molecule has 0 aliphatic heterocycles. The van der Waals surface area contributed by atoms with Gasteiger partial charge in [0.2, 0.25) is 0 Å². The van der Waals surface area contributed by atoms with Crippen LogP contribution in [-0.2, 0) is 23.4 Å². The maximum atomic E-state index is 12.6. The molecular formula is C13H16N4O4S. The van der Waals surface area contributed by atoms with Gasteiger partial charge >= 0.3 is 0 Å². The van der Waals surface area contributed by atoms with E-state index in [4.69, 9.17) is 5.73 Å². The van der Waals surface area contributed by atoms with Crippen molar-refractivity contribution in [3.8, 4) is 0 Å². The molecule has 2 heterocycles. The predicted molar refractivity (Wildman–Crippen MR) is 80.3 cm³/mol. The first-order valence-corrected chi connectivity index (χ1v) is 8.61. The van der Waals surface area contributed by atoms with Crippen LogP contribution in [0.2, 0.25) is 0 Å². The molecule has 0 aromatic carbocycles. The third-order valence-electron chi connectivity index (χ3n) is 4.25. The average Bonchev–Trinajstić information content (AvgIpc) is 3.11. The number of rotatable bonds is 4. The van der Waals surface area contributed by atoms with E-state index in [2.05, 4.69) is 5.10 Å². The van der Waals surface area contributed by atoms with Crippen molar-refractivity contribution >= 4 is 26.6 Å². The number of fused-ring (bicyclic) bond motifs is 1. The Morgan fingerprint density at radius 2 is 2.09 bits per heavy atom.